The van der Waals surface area contributed by atoms with E-state index in [1.807, 2.05) is 0 Å². The van der Waals surface area contributed by atoms with Crippen LogP contribution in [0.15, 0.2) is 60.7 Å². The monoisotopic (exact) mass is 367 g/mol. The Bertz CT molecular complexity index is 554. The average Bonchev–Trinajstić information content (AvgIpc) is 2.70. The van der Waals surface area contributed by atoms with Crippen LogP contribution in [-0.2, 0) is 13.1 Å². The number of nitrogens with zero attached hydrogens (tertiary/aromatic N) is 2. The second-order valence-electron chi connectivity index (χ2n) is 7.40. The lowest BCUT2D eigenvalue weighted by atomic mass is 10.1. The highest BCUT2D eigenvalue weighted by atomic mass is 15.1. The molecule has 0 aromatic heterocycles. The number of nitrogens with two attached hydrogens (primary N) is 1. The Morgan fingerprint density at radius 1 is 0.704 bits per heavy atom. The van der Waals surface area contributed by atoms with Crippen LogP contribution >= 0.6 is 0 Å². The molecule has 0 saturated carbocycles. The van der Waals surface area contributed by atoms with Crippen molar-refractivity contribution in [1.82, 2.24) is 9.80 Å². The van der Waals surface area contributed by atoms with Gasteiger partial charge >= 0.3 is 0 Å². The summed E-state index contributed by atoms with van der Waals surface area (Å²) >= 11 is 0. The second-order valence-corrected chi connectivity index (χ2v) is 7.40. The molecule has 2 rings (SSSR count). The Labute approximate surface area is 166 Å². The standard InChI is InChI=1S/C24H37N3/c1-3-26(4-2)19-17-24(25)16-11-18-27(20-22-12-7-5-8-13-22)21-23-14-9-6-10-15-23/h5-10,12-15,24H,3-4,11,16-21,25H2,1-2H3. The summed E-state index contributed by atoms with van der Waals surface area (Å²) in [4.78, 5) is 5.00. The Balaban J connectivity index is 1.82. The number of hydrogen-bond donors (Lipinski definition) is 1. The summed E-state index contributed by atoms with van der Waals surface area (Å²) in [6, 6.07) is 21.8. The van der Waals surface area contributed by atoms with Gasteiger partial charge in [0.05, 0.1) is 0 Å². The molecule has 0 heterocycles. The summed E-state index contributed by atoms with van der Waals surface area (Å²) in [7, 11) is 0. The second kappa shape index (κ2) is 12.7. The van der Waals surface area contributed by atoms with Gasteiger partial charge in [0.2, 0.25) is 0 Å². The lowest BCUT2D eigenvalue weighted by molar-refractivity contribution is 0.244. The molecule has 0 bridgehead atoms. The van der Waals surface area contributed by atoms with Gasteiger partial charge in [-0.2, -0.15) is 0 Å². The zero-order valence-corrected chi connectivity index (χ0v) is 17.2. The predicted molar refractivity (Wildman–Crippen MR) is 117 cm³/mol. The van der Waals surface area contributed by atoms with Gasteiger partial charge in [0.25, 0.3) is 0 Å². The van der Waals surface area contributed by atoms with Crippen molar-refractivity contribution >= 4 is 0 Å². The van der Waals surface area contributed by atoms with Gasteiger partial charge in [0, 0.05) is 19.1 Å². The van der Waals surface area contributed by atoms with Crippen LogP contribution < -0.4 is 5.73 Å². The van der Waals surface area contributed by atoms with Crippen molar-refractivity contribution in [2.24, 2.45) is 5.73 Å². The van der Waals surface area contributed by atoms with Crippen molar-refractivity contribution in [3.05, 3.63) is 71.8 Å². The summed E-state index contributed by atoms with van der Waals surface area (Å²) in [6.07, 6.45) is 3.35. The van der Waals surface area contributed by atoms with Gasteiger partial charge in [0.15, 0.2) is 0 Å². The highest BCUT2D eigenvalue weighted by Crippen LogP contribution is 2.12. The maximum absolute atomic E-state index is 6.38. The van der Waals surface area contributed by atoms with Crippen molar-refractivity contribution in [1.29, 1.82) is 0 Å². The van der Waals surface area contributed by atoms with Crippen LogP contribution in [0.3, 0.4) is 0 Å². The molecule has 27 heavy (non-hydrogen) atoms. The molecule has 0 aliphatic heterocycles. The van der Waals surface area contributed by atoms with Gasteiger partial charge in [-0.15, -0.1) is 0 Å². The fourth-order valence-electron chi connectivity index (χ4n) is 3.51. The van der Waals surface area contributed by atoms with Crippen LogP contribution in [0.4, 0.5) is 0 Å². The quantitative estimate of drug-likeness (QED) is 0.565. The summed E-state index contributed by atoms with van der Waals surface area (Å²) in [5, 5.41) is 0. The van der Waals surface area contributed by atoms with Crippen molar-refractivity contribution in [2.45, 2.75) is 52.2 Å². The summed E-state index contributed by atoms with van der Waals surface area (Å²) < 4.78 is 0. The van der Waals surface area contributed by atoms with E-state index in [0.717, 1.165) is 58.5 Å². The smallest absolute Gasteiger partial charge is 0.0237 e. The molecule has 0 saturated heterocycles. The molecule has 2 N–H and O–H groups in total. The Morgan fingerprint density at radius 2 is 1.22 bits per heavy atom. The van der Waals surface area contributed by atoms with Crippen LogP contribution in [0.5, 0.6) is 0 Å². The van der Waals surface area contributed by atoms with Gasteiger partial charge in [-0.25, -0.2) is 0 Å². The first kappa shape index (κ1) is 21.6. The van der Waals surface area contributed by atoms with Gasteiger partial charge in [-0.05, 0) is 56.6 Å². The molecule has 0 fully saturated rings. The topological polar surface area (TPSA) is 32.5 Å². The lowest BCUT2D eigenvalue weighted by Crippen LogP contribution is -2.31. The van der Waals surface area contributed by atoms with Crippen molar-refractivity contribution in [3.63, 3.8) is 0 Å². The van der Waals surface area contributed by atoms with E-state index in [1.165, 1.54) is 11.1 Å². The van der Waals surface area contributed by atoms with E-state index in [4.69, 9.17) is 5.73 Å². The average molecular weight is 368 g/mol. The maximum atomic E-state index is 6.38. The van der Waals surface area contributed by atoms with Crippen molar-refractivity contribution < 1.29 is 0 Å². The van der Waals surface area contributed by atoms with Gasteiger partial charge in [0.1, 0.15) is 0 Å². The normalized spacial score (nSPS) is 12.6. The van der Waals surface area contributed by atoms with Gasteiger partial charge in [-0.1, -0.05) is 74.5 Å². The summed E-state index contributed by atoms with van der Waals surface area (Å²) in [5.41, 5.74) is 9.13. The SMILES string of the molecule is CCN(CC)CCC(N)CCCN(Cc1ccccc1)Cc1ccccc1. The van der Waals surface area contributed by atoms with Crippen LogP contribution in [0.25, 0.3) is 0 Å². The van der Waals surface area contributed by atoms with Crippen LogP contribution in [0.2, 0.25) is 0 Å². The summed E-state index contributed by atoms with van der Waals surface area (Å²) in [5.74, 6) is 0. The molecular formula is C24H37N3. The third kappa shape index (κ3) is 8.70. The fourth-order valence-corrected chi connectivity index (χ4v) is 3.51. The van der Waals surface area contributed by atoms with Crippen LogP contribution in [0.1, 0.15) is 44.2 Å². The lowest BCUT2D eigenvalue weighted by Gasteiger charge is -2.24. The maximum Gasteiger partial charge on any atom is 0.0237 e. The van der Waals surface area contributed by atoms with Crippen LogP contribution in [-0.4, -0.2) is 42.0 Å². The zero-order valence-electron chi connectivity index (χ0n) is 17.2. The Hall–Kier alpha value is -1.68. The Morgan fingerprint density at radius 3 is 1.70 bits per heavy atom. The van der Waals surface area contributed by atoms with Gasteiger partial charge < -0.3 is 10.6 Å². The molecular weight excluding hydrogens is 330 g/mol. The molecule has 148 valence electrons. The van der Waals surface area contributed by atoms with Crippen molar-refractivity contribution in [2.75, 3.05) is 26.2 Å². The molecule has 3 nitrogen and oxygen atoms in total. The summed E-state index contributed by atoms with van der Waals surface area (Å²) in [6.45, 7) is 10.9. The zero-order chi connectivity index (χ0) is 19.3. The third-order valence-electron chi connectivity index (χ3n) is 5.26. The molecule has 0 spiro atoms. The molecule has 3 heteroatoms. The first-order valence-corrected chi connectivity index (χ1v) is 10.5. The number of benzene rings is 2. The Kier molecular flexibility index (Phi) is 10.1. The van der Waals surface area contributed by atoms with E-state index in [0.29, 0.717) is 6.04 Å². The molecule has 1 atom stereocenters. The largest absolute Gasteiger partial charge is 0.328 e. The molecule has 0 aliphatic rings. The predicted octanol–water partition coefficient (Wildman–Crippen LogP) is 4.53. The fraction of sp³-hybridized carbons (Fsp3) is 0.500. The van der Waals surface area contributed by atoms with E-state index in [9.17, 15) is 0 Å². The van der Waals surface area contributed by atoms with E-state index in [2.05, 4.69) is 84.3 Å². The van der Waals surface area contributed by atoms with E-state index < -0.39 is 0 Å². The molecule has 2 aromatic carbocycles. The number of rotatable bonds is 13. The van der Waals surface area contributed by atoms with E-state index in [-0.39, 0.29) is 0 Å². The highest BCUT2D eigenvalue weighted by molar-refractivity contribution is 5.17. The molecule has 0 radical (unpaired) electrons. The third-order valence-corrected chi connectivity index (χ3v) is 5.26. The minimum atomic E-state index is 0.306. The van der Waals surface area contributed by atoms with E-state index >= 15 is 0 Å². The molecule has 2 aromatic rings. The minimum Gasteiger partial charge on any atom is -0.328 e. The van der Waals surface area contributed by atoms with Crippen molar-refractivity contribution in [3.8, 4) is 0 Å². The molecule has 0 amide bonds. The molecule has 1 unspecified atom stereocenters. The van der Waals surface area contributed by atoms with Gasteiger partial charge in [-0.3, -0.25) is 4.90 Å². The highest BCUT2D eigenvalue weighted by Gasteiger charge is 2.10. The van der Waals surface area contributed by atoms with E-state index in [1.54, 1.807) is 0 Å². The number of hydrogen-bond acceptors (Lipinski definition) is 3. The van der Waals surface area contributed by atoms with Crippen LogP contribution in [0, 0.1) is 0 Å². The first-order chi connectivity index (χ1) is 13.2. The molecule has 0 aliphatic carbocycles. The minimum absolute atomic E-state index is 0.306. The first-order valence-electron chi connectivity index (χ1n) is 10.5.